The molecule has 0 radical (unpaired) electrons. The summed E-state index contributed by atoms with van der Waals surface area (Å²) in [5.74, 6) is 1.33. The number of likely N-dealkylation sites (tertiary alicyclic amines) is 1. The third-order valence-electron chi connectivity index (χ3n) is 5.20. The molecule has 0 aromatic heterocycles. The lowest BCUT2D eigenvalue weighted by atomic mass is 9.84. The molecule has 1 aliphatic heterocycles. The number of nitrogens with zero attached hydrogens (tertiary/aromatic N) is 1. The summed E-state index contributed by atoms with van der Waals surface area (Å²) >= 11 is 0. The number of methoxy groups -OCH3 is 1. The molecule has 3 rings (SSSR count). The Hall–Kier alpha value is -2.04. The van der Waals surface area contributed by atoms with Gasteiger partial charge in [-0.15, -0.1) is 0 Å². The van der Waals surface area contributed by atoms with Crippen LogP contribution >= 0.6 is 0 Å². The molecule has 1 N–H and O–H groups in total. The molecule has 24 heavy (non-hydrogen) atoms. The predicted octanol–water partition coefficient (Wildman–Crippen LogP) is 2.14. The van der Waals surface area contributed by atoms with Crippen molar-refractivity contribution < 1.29 is 14.3 Å². The molecule has 2 aliphatic rings. The summed E-state index contributed by atoms with van der Waals surface area (Å²) in [6.45, 7) is 1.42. The van der Waals surface area contributed by atoms with E-state index in [4.69, 9.17) is 4.74 Å². The number of benzene rings is 1. The lowest BCUT2D eigenvalue weighted by molar-refractivity contribution is -0.132. The average Bonchev–Trinajstić information content (AvgIpc) is 2.54. The summed E-state index contributed by atoms with van der Waals surface area (Å²) in [5, 5.41) is 3.15. The zero-order chi connectivity index (χ0) is 16.9. The standard InChI is InChI=1S/C19H26N2O3/c1-24-17-8-3-2-5-15(17)13-18(22)21-11-9-16(10-12-21)20-19(23)14-6-4-7-14/h2-3,5,8,14,16H,4,6-7,9-13H2,1H3,(H,20,23). The molecule has 130 valence electrons. The van der Waals surface area contributed by atoms with Crippen LogP contribution in [0.25, 0.3) is 0 Å². The molecule has 0 spiro atoms. The monoisotopic (exact) mass is 330 g/mol. The van der Waals surface area contributed by atoms with E-state index in [2.05, 4.69) is 5.32 Å². The van der Waals surface area contributed by atoms with Gasteiger partial charge in [-0.05, 0) is 31.7 Å². The number of hydrogen-bond acceptors (Lipinski definition) is 3. The molecule has 5 nitrogen and oxygen atoms in total. The minimum atomic E-state index is 0.128. The normalized spacial score (nSPS) is 18.8. The van der Waals surface area contributed by atoms with Crippen molar-refractivity contribution in [2.75, 3.05) is 20.2 Å². The van der Waals surface area contributed by atoms with E-state index in [0.29, 0.717) is 19.5 Å². The lowest BCUT2D eigenvalue weighted by Gasteiger charge is -2.34. The largest absolute Gasteiger partial charge is 0.496 e. The van der Waals surface area contributed by atoms with Crippen LogP contribution in [0.1, 0.15) is 37.7 Å². The quantitative estimate of drug-likeness (QED) is 0.900. The van der Waals surface area contributed by atoms with Gasteiger partial charge in [0.05, 0.1) is 13.5 Å². The molecule has 0 atom stereocenters. The first-order valence-electron chi connectivity index (χ1n) is 8.87. The average molecular weight is 330 g/mol. The summed E-state index contributed by atoms with van der Waals surface area (Å²) in [4.78, 5) is 26.4. The summed E-state index contributed by atoms with van der Waals surface area (Å²) in [6.07, 6.45) is 5.29. The van der Waals surface area contributed by atoms with Gasteiger partial charge in [0.2, 0.25) is 11.8 Å². The fourth-order valence-electron chi connectivity index (χ4n) is 3.39. The molecular weight excluding hydrogens is 304 g/mol. The molecule has 0 unspecified atom stereocenters. The van der Waals surface area contributed by atoms with E-state index >= 15 is 0 Å². The van der Waals surface area contributed by atoms with Crippen molar-refractivity contribution in [3.63, 3.8) is 0 Å². The van der Waals surface area contributed by atoms with Gasteiger partial charge in [0.25, 0.3) is 0 Å². The third-order valence-corrected chi connectivity index (χ3v) is 5.20. The molecular formula is C19H26N2O3. The Labute approximate surface area is 143 Å². The Kier molecular flexibility index (Phi) is 5.38. The molecule has 1 aromatic rings. The maximum absolute atomic E-state index is 12.5. The topological polar surface area (TPSA) is 58.6 Å². The summed E-state index contributed by atoms with van der Waals surface area (Å²) in [5.41, 5.74) is 0.922. The smallest absolute Gasteiger partial charge is 0.227 e. The first kappa shape index (κ1) is 16.8. The van der Waals surface area contributed by atoms with Gasteiger partial charge in [0.15, 0.2) is 0 Å². The molecule has 5 heteroatoms. The van der Waals surface area contributed by atoms with Crippen LogP contribution in [0.4, 0.5) is 0 Å². The Morgan fingerprint density at radius 1 is 1.17 bits per heavy atom. The van der Waals surface area contributed by atoms with E-state index in [1.807, 2.05) is 29.2 Å². The lowest BCUT2D eigenvalue weighted by Crippen LogP contribution is -2.48. The second kappa shape index (κ2) is 7.69. The maximum atomic E-state index is 12.5. The molecule has 1 aromatic carbocycles. The number of carbonyl (C=O) groups excluding carboxylic acids is 2. The second-order valence-corrected chi connectivity index (χ2v) is 6.78. The highest BCUT2D eigenvalue weighted by molar-refractivity contribution is 5.80. The minimum absolute atomic E-state index is 0.128. The summed E-state index contributed by atoms with van der Waals surface area (Å²) in [6, 6.07) is 7.86. The Morgan fingerprint density at radius 3 is 2.50 bits per heavy atom. The summed E-state index contributed by atoms with van der Waals surface area (Å²) < 4.78 is 5.31. The number of ether oxygens (including phenoxy) is 1. The Bertz CT molecular complexity index is 590. The van der Waals surface area contributed by atoms with Gasteiger partial charge in [-0.1, -0.05) is 24.6 Å². The van der Waals surface area contributed by atoms with E-state index in [0.717, 1.165) is 37.0 Å². The van der Waals surface area contributed by atoms with Crippen LogP contribution in [-0.4, -0.2) is 43.0 Å². The Morgan fingerprint density at radius 2 is 1.88 bits per heavy atom. The third kappa shape index (κ3) is 3.89. The van der Waals surface area contributed by atoms with Crippen molar-refractivity contribution in [2.45, 2.75) is 44.6 Å². The fraction of sp³-hybridized carbons (Fsp3) is 0.579. The van der Waals surface area contributed by atoms with Gasteiger partial charge >= 0.3 is 0 Å². The zero-order valence-corrected chi connectivity index (χ0v) is 14.3. The molecule has 1 saturated carbocycles. The van der Waals surface area contributed by atoms with Crippen molar-refractivity contribution in [3.05, 3.63) is 29.8 Å². The van der Waals surface area contributed by atoms with Crippen LogP contribution < -0.4 is 10.1 Å². The first-order valence-corrected chi connectivity index (χ1v) is 8.87. The predicted molar refractivity (Wildman–Crippen MR) is 91.8 cm³/mol. The highest BCUT2D eigenvalue weighted by Crippen LogP contribution is 2.27. The van der Waals surface area contributed by atoms with Gasteiger partial charge in [-0.3, -0.25) is 9.59 Å². The molecule has 0 bridgehead atoms. The van der Waals surface area contributed by atoms with Crippen molar-refractivity contribution in [1.82, 2.24) is 10.2 Å². The molecule has 1 heterocycles. The molecule has 1 aliphatic carbocycles. The van der Waals surface area contributed by atoms with Crippen molar-refractivity contribution in [2.24, 2.45) is 5.92 Å². The number of piperidine rings is 1. The van der Waals surface area contributed by atoms with Crippen LogP contribution in [0.3, 0.4) is 0 Å². The maximum Gasteiger partial charge on any atom is 0.227 e. The fourth-order valence-corrected chi connectivity index (χ4v) is 3.39. The van der Waals surface area contributed by atoms with Gasteiger partial charge in [0, 0.05) is 30.6 Å². The highest BCUT2D eigenvalue weighted by atomic mass is 16.5. The minimum Gasteiger partial charge on any atom is -0.496 e. The number of rotatable bonds is 5. The van der Waals surface area contributed by atoms with Gasteiger partial charge in [0.1, 0.15) is 5.75 Å². The first-order chi connectivity index (χ1) is 11.7. The van der Waals surface area contributed by atoms with E-state index in [-0.39, 0.29) is 23.8 Å². The van der Waals surface area contributed by atoms with E-state index in [9.17, 15) is 9.59 Å². The molecule has 2 amide bonds. The van der Waals surface area contributed by atoms with Crippen LogP contribution in [0.15, 0.2) is 24.3 Å². The number of nitrogens with one attached hydrogen (secondary N) is 1. The van der Waals surface area contributed by atoms with Gasteiger partial charge < -0.3 is 15.0 Å². The zero-order valence-electron chi connectivity index (χ0n) is 14.3. The highest BCUT2D eigenvalue weighted by Gasteiger charge is 2.29. The van der Waals surface area contributed by atoms with Crippen molar-refractivity contribution in [1.29, 1.82) is 0 Å². The van der Waals surface area contributed by atoms with E-state index in [1.165, 1.54) is 6.42 Å². The van der Waals surface area contributed by atoms with Crippen LogP contribution in [0.5, 0.6) is 5.75 Å². The second-order valence-electron chi connectivity index (χ2n) is 6.78. The van der Waals surface area contributed by atoms with Crippen LogP contribution in [0, 0.1) is 5.92 Å². The SMILES string of the molecule is COc1ccccc1CC(=O)N1CCC(NC(=O)C2CCC2)CC1. The van der Waals surface area contributed by atoms with Crippen molar-refractivity contribution in [3.8, 4) is 5.75 Å². The summed E-state index contributed by atoms with van der Waals surface area (Å²) in [7, 11) is 1.62. The number of carbonyl (C=O) groups is 2. The molecule has 1 saturated heterocycles. The van der Waals surface area contributed by atoms with Crippen LogP contribution in [0.2, 0.25) is 0 Å². The van der Waals surface area contributed by atoms with Crippen molar-refractivity contribution >= 4 is 11.8 Å². The number of para-hydroxylation sites is 1. The number of amides is 2. The van der Waals surface area contributed by atoms with E-state index < -0.39 is 0 Å². The van der Waals surface area contributed by atoms with Gasteiger partial charge in [-0.2, -0.15) is 0 Å². The van der Waals surface area contributed by atoms with E-state index in [1.54, 1.807) is 7.11 Å². The number of hydrogen-bond donors (Lipinski definition) is 1. The van der Waals surface area contributed by atoms with Crippen LogP contribution in [-0.2, 0) is 16.0 Å². The molecule has 2 fully saturated rings. The van der Waals surface area contributed by atoms with Gasteiger partial charge in [-0.25, -0.2) is 0 Å². The Balaban J connectivity index is 1.47.